The maximum absolute atomic E-state index is 13.2. The third-order valence-corrected chi connectivity index (χ3v) is 7.01. The lowest BCUT2D eigenvalue weighted by Crippen LogP contribution is -2.30. The van der Waals surface area contributed by atoms with E-state index in [4.69, 9.17) is 16.3 Å². The van der Waals surface area contributed by atoms with E-state index in [9.17, 15) is 4.79 Å². The first-order valence-electron chi connectivity index (χ1n) is 10.3. The lowest BCUT2D eigenvalue weighted by Gasteiger charge is -2.18. The van der Waals surface area contributed by atoms with Crippen molar-refractivity contribution >= 4 is 57.5 Å². The van der Waals surface area contributed by atoms with E-state index in [-0.39, 0.29) is 5.91 Å². The normalized spacial score (nSPS) is 14.9. The highest BCUT2D eigenvalue weighted by Crippen LogP contribution is 2.34. The summed E-state index contributed by atoms with van der Waals surface area (Å²) in [5.41, 5.74) is 1.11. The number of hydrogen-bond acceptors (Lipinski definition) is 6. The summed E-state index contributed by atoms with van der Waals surface area (Å²) in [6, 6.07) is 11.2. The highest BCUT2D eigenvalue weighted by molar-refractivity contribution is 8.14. The van der Waals surface area contributed by atoms with Crippen molar-refractivity contribution in [1.29, 1.82) is 0 Å². The van der Waals surface area contributed by atoms with Crippen molar-refractivity contribution in [2.45, 2.75) is 25.8 Å². The number of hydrogen-bond donors (Lipinski definition) is 0. The molecule has 0 radical (unpaired) electrons. The second kappa shape index (κ2) is 10.8. The molecule has 1 aliphatic rings. The molecule has 166 valence electrons. The van der Waals surface area contributed by atoms with Gasteiger partial charge in [0.2, 0.25) is 0 Å². The van der Waals surface area contributed by atoms with Crippen LogP contribution in [0.15, 0.2) is 64.9 Å². The number of halogens is 1. The number of unbranched alkanes of at least 4 members (excludes halogenated alkanes) is 2. The van der Waals surface area contributed by atoms with Crippen LogP contribution < -0.4 is 9.64 Å². The molecule has 2 aromatic heterocycles. The van der Waals surface area contributed by atoms with Gasteiger partial charge in [-0.25, -0.2) is 4.99 Å². The van der Waals surface area contributed by atoms with E-state index in [1.54, 1.807) is 53.4 Å². The first kappa shape index (κ1) is 22.6. The number of amidine groups is 1. The topological polar surface area (TPSA) is 59.7 Å². The molecule has 0 spiro atoms. The minimum absolute atomic E-state index is 0.152. The molecule has 1 aliphatic heterocycles. The lowest BCUT2D eigenvalue weighted by atomic mass is 10.2. The summed E-state index contributed by atoms with van der Waals surface area (Å²) in [6.07, 6.45) is 8.79. The summed E-state index contributed by atoms with van der Waals surface area (Å²) in [5.74, 6) is 1.29. The smallest absolute Gasteiger partial charge is 0.283 e. The summed E-state index contributed by atoms with van der Waals surface area (Å²) in [5, 5.41) is 7.34. The molecule has 0 saturated heterocycles. The van der Waals surface area contributed by atoms with E-state index in [1.165, 1.54) is 0 Å². The largest absolute Gasteiger partial charge is 0.495 e. The van der Waals surface area contributed by atoms with Crippen LogP contribution in [0, 0.1) is 0 Å². The van der Waals surface area contributed by atoms with Crippen LogP contribution in [-0.2, 0) is 11.3 Å². The predicted octanol–water partition coefficient (Wildman–Crippen LogP) is 5.95. The second-order valence-electron chi connectivity index (χ2n) is 7.08. The summed E-state index contributed by atoms with van der Waals surface area (Å²) in [4.78, 5) is 20.5. The third-order valence-electron chi connectivity index (χ3n) is 4.87. The Kier molecular flexibility index (Phi) is 7.68. The molecule has 32 heavy (non-hydrogen) atoms. The predicted molar refractivity (Wildman–Crippen MR) is 134 cm³/mol. The number of aromatic nitrogens is 2. The van der Waals surface area contributed by atoms with Gasteiger partial charge in [0, 0.05) is 29.6 Å². The number of anilines is 1. The van der Waals surface area contributed by atoms with Gasteiger partial charge in [0.15, 0.2) is 5.17 Å². The van der Waals surface area contributed by atoms with Crippen LogP contribution in [0.1, 0.15) is 24.1 Å². The summed E-state index contributed by atoms with van der Waals surface area (Å²) < 4.78 is 7.20. The Morgan fingerprint density at radius 3 is 2.84 bits per heavy atom. The number of amides is 1. The Bertz CT molecular complexity index is 1110. The minimum Gasteiger partial charge on any atom is -0.495 e. The number of nitrogens with zero attached hydrogens (tertiary/aromatic N) is 4. The average Bonchev–Trinajstić information content (AvgIpc) is 3.54. The van der Waals surface area contributed by atoms with Gasteiger partial charge in [-0.3, -0.25) is 14.4 Å². The number of aliphatic imine (C=N–C) groups is 1. The van der Waals surface area contributed by atoms with Crippen LogP contribution in [0.2, 0.25) is 5.02 Å². The van der Waals surface area contributed by atoms with Crippen LogP contribution >= 0.6 is 34.7 Å². The molecule has 6 nitrogen and oxygen atoms in total. The number of carbonyl (C=O) groups is 1. The van der Waals surface area contributed by atoms with Gasteiger partial charge in [-0.1, -0.05) is 35.9 Å². The molecule has 0 atom stereocenters. The highest BCUT2D eigenvalue weighted by Gasteiger charge is 2.32. The van der Waals surface area contributed by atoms with Crippen molar-refractivity contribution in [3.05, 3.63) is 69.8 Å². The van der Waals surface area contributed by atoms with Gasteiger partial charge in [-0.2, -0.15) is 5.10 Å². The van der Waals surface area contributed by atoms with Crippen LogP contribution in [0.4, 0.5) is 5.69 Å². The van der Waals surface area contributed by atoms with Gasteiger partial charge in [-0.15, -0.1) is 11.3 Å². The quantitative estimate of drug-likeness (QED) is 0.277. The fraction of sp³-hybridized carbons (Fsp3) is 0.261. The molecule has 0 saturated carbocycles. The van der Waals surface area contributed by atoms with Gasteiger partial charge in [0.05, 0.1) is 17.8 Å². The maximum atomic E-state index is 13.2. The van der Waals surface area contributed by atoms with Gasteiger partial charge in [0.25, 0.3) is 5.91 Å². The molecule has 0 aliphatic carbocycles. The van der Waals surface area contributed by atoms with Gasteiger partial charge in [-0.05, 0) is 54.6 Å². The highest BCUT2D eigenvalue weighted by atomic mass is 35.5. The van der Waals surface area contributed by atoms with Gasteiger partial charge >= 0.3 is 0 Å². The molecule has 0 N–H and O–H groups in total. The Balaban J connectivity index is 1.45. The molecule has 0 unspecified atom stereocenters. The standard InChI is InChI=1S/C23H23ClN4O2S2/c1-30-21-9-8-17(15-19(21)24)28-22(29)20(16-18-7-5-14-31-18)26-23(28)32-13-4-2-3-11-27-12-6-10-25-27/h5-10,12,14-16H,2-4,11,13H2,1H3. The summed E-state index contributed by atoms with van der Waals surface area (Å²) in [7, 11) is 1.57. The fourth-order valence-corrected chi connectivity index (χ4v) is 5.19. The molecule has 3 heterocycles. The van der Waals surface area contributed by atoms with Crippen molar-refractivity contribution in [3.63, 3.8) is 0 Å². The number of ether oxygens (including phenoxy) is 1. The molecular weight excluding hydrogens is 464 g/mol. The number of rotatable bonds is 9. The lowest BCUT2D eigenvalue weighted by molar-refractivity contribution is -0.113. The number of carbonyl (C=O) groups excluding carboxylic acids is 1. The Morgan fingerprint density at radius 2 is 2.12 bits per heavy atom. The zero-order chi connectivity index (χ0) is 22.3. The molecule has 0 fully saturated rings. The first-order chi connectivity index (χ1) is 15.7. The number of aryl methyl sites for hydroxylation is 1. The Labute approximate surface area is 200 Å². The number of benzene rings is 1. The molecule has 4 rings (SSSR count). The van der Waals surface area contributed by atoms with E-state index in [2.05, 4.69) is 10.1 Å². The van der Waals surface area contributed by atoms with Crippen molar-refractivity contribution in [2.24, 2.45) is 4.99 Å². The van der Waals surface area contributed by atoms with Crippen LogP contribution in [-0.4, -0.2) is 33.7 Å². The van der Waals surface area contributed by atoms with E-state index >= 15 is 0 Å². The van der Waals surface area contributed by atoms with Gasteiger partial charge < -0.3 is 4.74 Å². The second-order valence-corrected chi connectivity index (χ2v) is 9.53. The third kappa shape index (κ3) is 5.43. The zero-order valence-corrected chi connectivity index (χ0v) is 20.0. The maximum Gasteiger partial charge on any atom is 0.283 e. The molecule has 9 heteroatoms. The van der Waals surface area contributed by atoms with Crippen molar-refractivity contribution in [3.8, 4) is 5.75 Å². The first-order valence-corrected chi connectivity index (χ1v) is 12.5. The van der Waals surface area contributed by atoms with E-state index in [0.29, 0.717) is 27.3 Å². The SMILES string of the molecule is COc1ccc(N2C(=O)C(=Cc3cccs3)N=C2SCCCCCn2cccn2)cc1Cl. The molecular formula is C23H23ClN4O2S2. The summed E-state index contributed by atoms with van der Waals surface area (Å²) >= 11 is 9.50. The van der Waals surface area contributed by atoms with Crippen molar-refractivity contribution < 1.29 is 9.53 Å². The number of thioether (sulfide) groups is 1. The van der Waals surface area contributed by atoms with Crippen LogP contribution in [0.25, 0.3) is 6.08 Å². The van der Waals surface area contributed by atoms with Crippen LogP contribution in [0.3, 0.4) is 0 Å². The Morgan fingerprint density at radius 1 is 1.22 bits per heavy atom. The Hall–Kier alpha value is -2.55. The summed E-state index contributed by atoms with van der Waals surface area (Å²) in [6.45, 7) is 0.918. The molecule has 1 aromatic carbocycles. The van der Waals surface area contributed by atoms with E-state index in [0.717, 1.165) is 36.4 Å². The molecule has 1 amide bonds. The van der Waals surface area contributed by atoms with E-state index in [1.807, 2.05) is 46.6 Å². The number of methoxy groups -OCH3 is 1. The number of thiophene rings is 1. The van der Waals surface area contributed by atoms with Gasteiger partial charge in [0.1, 0.15) is 11.4 Å². The van der Waals surface area contributed by atoms with Crippen molar-refractivity contribution in [1.82, 2.24) is 9.78 Å². The van der Waals surface area contributed by atoms with Crippen molar-refractivity contribution in [2.75, 3.05) is 17.8 Å². The minimum atomic E-state index is -0.152. The fourth-order valence-electron chi connectivity index (χ4n) is 3.27. The van der Waals surface area contributed by atoms with E-state index < -0.39 is 0 Å². The average molecular weight is 487 g/mol. The molecule has 3 aromatic rings. The zero-order valence-electron chi connectivity index (χ0n) is 17.6. The van der Waals surface area contributed by atoms with Crippen LogP contribution in [0.5, 0.6) is 5.75 Å². The molecule has 0 bridgehead atoms. The monoisotopic (exact) mass is 486 g/mol.